The van der Waals surface area contributed by atoms with Gasteiger partial charge in [0.1, 0.15) is 0 Å². The number of amides is 1. The molecule has 1 aromatic carbocycles. The Labute approximate surface area is 165 Å². The predicted octanol–water partition coefficient (Wildman–Crippen LogP) is 3.63. The van der Waals surface area contributed by atoms with Crippen LogP contribution in [0.3, 0.4) is 0 Å². The number of ether oxygens (including phenoxy) is 2. The van der Waals surface area contributed by atoms with Crippen LogP contribution in [0, 0.1) is 11.8 Å². The van der Waals surface area contributed by atoms with Gasteiger partial charge in [0.2, 0.25) is 6.29 Å². The Bertz CT molecular complexity index is 803. The zero-order valence-corrected chi connectivity index (χ0v) is 16.2. The molecule has 148 valence electrons. The number of allylic oxidation sites excluding steroid dienone is 1. The maximum Gasteiger partial charge on any atom is 0.290 e. The number of nitrogens with zero attached hydrogens (tertiary/aromatic N) is 1. The molecule has 2 heterocycles. The number of benzene rings is 1. The molecule has 0 unspecified atom stereocenters. The van der Waals surface area contributed by atoms with E-state index in [1.807, 2.05) is 30.3 Å². The third kappa shape index (κ3) is 5.41. The van der Waals surface area contributed by atoms with E-state index in [0.29, 0.717) is 24.6 Å². The van der Waals surface area contributed by atoms with Crippen molar-refractivity contribution in [3.8, 4) is 0 Å². The van der Waals surface area contributed by atoms with Crippen molar-refractivity contribution in [2.45, 2.75) is 39.8 Å². The second-order valence-corrected chi connectivity index (χ2v) is 7.20. The molecule has 0 spiro atoms. The van der Waals surface area contributed by atoms with Gasteiger partial charge in [-0.25, -0.2) is 0 Å². The number of hydrogen-bond acceptors (Lipinski definition) is 5. The van der Waals surface area contributed by atoms with E-state index in [9.17, 15) is 4.79 Å². The highest BCUT2D eigenvalue weighted by atomic mass is 16.7. The molecule has 0 saturated carbocycles. The van der Waals surface area contributed by atoms with Crippen LogP contribution in [0.5, 0.6) is 0 Å². The average Bonchev–Trinajstić information content (AvgIpc) is 2.73. The van der Waals surface area contributed by atoms with Crippen LogP contribution in [0.25, 0.3) is 0 Å². The Kier molecular flexibility index (Phi) is 6.79. The van der Waals surface area contributed by atoms with Crippen molar-refractivity contribution in [3.05, 3.63) is 71.8 Å². The van der Waals surface area contributed by atoms with Crippen LogP contribution in [0.1, 0.15) is 31.4 Å². The van der Waals surface area contributed by atoms with Crippen LogP contribution in [-0.4, -0.2) is 22.3 Å². The van der Waals surface area contributed by atoms with Crippen LogP contribution in [-0.2, 0) is 27.5 Å². The molecular formula is C22H26N2O4. The van der Waals surface area contributed by atoms with Crippen molar-refractivity contribution in [1.29, 1.82) is 0 Å². The first-order valence-corrected chi connectivity index (χ1v) is 9.45. The fraction of sp³-hybridized carbons (Fsp3) is 0.364. The molecule has 6 nitrogen and oxygen atoms in total. The third-order valence-corrected chi connectivity index (χ3v) is 4.73. The molecule has 0 radical (unpaired) electrons. The van der Waals surface area contributed by atoms with E-state index < -0.39 is 6.29 Å². The minimum atomic E-state index is -0.496. The second-order valence-electron chi connectivity index (χ2n) is 7.20. The van der Waals surface area contributed by atoms with Gasteiger partial charge in [-0.2, -0.15) is 0 Å². The summed E-state index contributed by atoms with van der Waals surface area (Å²) in [5.74, 6) is 0.513. The van der Waals surface area contributed by atoms with E-state index in [1.165, 1.54) is 0 Å². The topological polar surface area (TPSA) is 80.7 Å². The van der Waals surface area contributed by atoms with Gasteiger partial charge in [-0.3, -0.25) is 9.78 Å². The lowest BCUT2D eigenvalue weighted by molar-refractivity contribution is -0.152. The van der Waals surface area contributed by atoms with Crippen molar-refractivity contribution in [3.63, 3.8) is 0 Å². The fourth-order valence-electron chi connectivity index (χ4n) is 2.97. The fourth-order valence-corrected chi connectivity index (χ4v) is 2.97. The monoisotopic (exact) mass is 382 g/mol. The maximum absolute atomic E-state index is 12.6. The average molecular weight is 382 g/mol. The van der Waals surface area contributed by atoms with Crippen molar-refractivity contribution in [2.24, 2.45) is 11.8 Å². The quantitative estimate of drug-likeness (QED) is 0.764. The maximum atomic E-state index is 12.6. The highest BCUT2D eigenvalue weighted by molar-refractivity contribution is 6.02. The van der Waals surface area contributed by atoms with Crippen LogP contribution in [0.2, 0.25) is 0 Å². The number of aliphatic hydroxyl groups excluding tert-OH is 1. The SMILES string of the molecule is CC(C)[C@@H]1C=C(C(=O)Nc2cccnc2)O[C@H](OCc2ccc(CO)cc2)C1. The molecule has 3 rings (SSSR count). The molecule has 1 aromatic heterocycles. The Balaban J connectivity index is 1.64. The summed E-state index contributed by atoms with van der Waals surface area (Å²) in [6, 6.07) is 11.1. The number of anilines is 1. The summed E-state index contributed by atoms with van der Waals surface area (Å²) < 4.78 is 11.8. The summed E-state index contributed by atoms with van der Waals surface area (Å²) in [7, 11) is 0. The Morgan fingerprint density at radius 2 is 2.04 bits per heavy atom. The van der Waals surface area contributed by atoms with Crippen LogP contribution in [0.15, 0.2) is 60.6 Å². The lowest BCUT2D eigenvalue weighted by atomic mass is 9.90. The first kappa shape index (κ1) is 20.0. The highest BCUT2D eigenvalue weighted by Crippen LogP contribution is 2.29. The number of carbonyl (C=O) groups is 1. The zero-order valence-electron chi connectivity index (χ0n) is 16.2. The largest absolute Gasteiger partial charge is 0.459 e. The normalized spacial score (nSPS) is 19.1. The van der Waals surface area contributed by atoms with Crippen molar-refractivity contribution >= 4 is 11.6 Å². The summed E-state index contributed by atoms with van der Waals surface area (Å²) in [5, 5.41) is 11.9. The third-order valence-electron chi connectivity index (χ3n) is 4.73. The Morgan fingerprint density at radius 3 is 2.68 bits per heavy atom. The number of rotatable bonds is 7. The van der Waals surface area contributed by atoms with Crippen LogP contribution >= 0.6 is 0 Å². The zero-order chi connectivity index (χ0) is 19.9. The molecule has 6 heteroatoms. The second kappa shape index (κ2) is 9.48. The summed E-state index contributed by atoms with van der Waals surface area (Å²) in [6.07, 6.45) is 5.32. The number of hydrogen-bond donors (Lipinski definition) is 2. The molecule has 2 N–H and O–H groups in total. The predicted molar refractivity (Wildman–Crippen MR) is 106 cm³/mol. The molecule has 0 saturated heterocycles. The lowest BCUT2D eigenvalue weighted by Gasteiger charge is -2.30. The van der Waals surface area contributed by atoms with Gasteiger partial charge in [0, 0.05) is 12.6 Å². The van der Waals surface area contributed by atoms with Gasteiger partial charge < -0.3 is 19.9 Å². The molecule has 2 aromatic rings. The summed E-state index contributed by atoms with van der Waals surface area (Å²) >= 11 is 0. The number of pyridine rings is 1. The molecule has 28 heavy (non-hydrogen) atoms. The van der Waals surface area contributed by atoms with Crippen LogP contribution < -0.4 is 5.32 Å². The first-order chi connectivity index (χ1) is 13.5. The number of aromatic nitrogens is 1. The molecule has 1 aliphatic rings. The van der Waals surface area contributed by atoms with Gasteiger partial charge in [-0.05, 0) is 41.2 Å². The highest BCUT2D eigenvalue weighted by Gasteiger charge is 2.29. The smallest absolute Gasteiger partial charge is 0.290 e. The minimum absolute atomic E-state index is 0.0170. The van der Waals surface area contributed by atoms with E-state index in [-0.39, 0.29) is 24.2 Å². The van der Waals surface area contributed by atoms with Gasteiger partial charge >= 0.3 is 0 Å². The molecule has 1 aliphatic heterocycles. The standard InChI is InChI=1S/C22H26N2O4/c1-15(2)18-10-20(22(26)24-19-4-3-9-23-12-19)28-21(11-18)27-14-17-7-5-16(13-25)6-8-17/h3-10,12,15,18,21,25H,11,13-14H2,1-2H3,(H,24,26)/t18-,21+/m1/s1. The van der Waals surface area contributed by atoms with Crippen molar-refractivity contribution in [1.82, 2.24) is 4.98 Å². The lowest BCUT2D eigenvalue weighted by Crippen LogP contribution is -2.31. The molecule has 2 atom stereocenters. The summed E-state index contributed by atoms with van der Waals surface area (Å²) in [5.41, 5.74) is 2.46. The molecule has 0 aliphatic carbocycles. The van der Waals surface area contributed by atoms with Crippen molar-refractivity contribution < 1.29 is 19.4 Å². The minimum Gasteiger partial charge on any atom is -0.459 e. The number of aliphatic hydroxyl groups is 1. The number of nitrogens with one attached hydrogen (secondary N) is 1. The van der Waals surface area contributed by atoms with Crippen LogP contribution in [0.4, 0.5) is 5.69 Å². The molecule has 0 fully saturated rings. The van der Waals surface area contributed by atoms with E-state index in [4.69, 9.17) is 14.6 Å². The number of carbonyl (C=O) groups excluding carboxylic acids is 1. The summed E-state index contributed by atoms with van der Waals surface area (Å²) in [6.45, 7) is 4.63. The summed E-state index contributed by atoms with van der Waals surface area (Å²) in [4.78, 5) is 16.6. The van der Waals surface area contributed by atoms with E-state index in [0.717, 1.165) is 11.1 Å². The van der Waals surface area contributed by atoms with Gasteiger partial charge in [-0.15, -0.1) is 0 Å². The molecular weight excluding hydrogens is 356 g/mol. The molecule has 0 bridgehead atoms. The van der Waals surface area contributed by atoms with Gasteiger partial charge in [0.25, 0.3) is 5.91 Å². The Morgan fingerprint density at radius 1 is 1.29 bits per heavy atom. The van der Waals surface area contributed by atoms with E-state index in [2.05, 4.69) is 24.1 Å². The van der Waals surface area contributed by atoms with Gasteiger partial charge in [-0.1, -0.05) is 38.1 Å². The van der Waals surface area contributed by atoms with E-state index >= 15 is 0 Å². The van der Waals surface area contributed by atoms with Gasteiger partial charge in [0.15, 0.2) is 5.76 Å². The first-order valence-electron chi connectivity index (χ1n) is 9.45. The van der Waals surface area contributed by atoms with Crippen molar-refractivity contribution in [2.75, 3.05) is 5.32 Å². The Hall–Kier alpha value is -2.70. The van der Waals surface area contributed by atoms with E-state index in [1.54, 1.807) is 24.5 Å². The van der Waals surface area contributed by atoms with Gasteiger partial charge in [0.05, 0.1) is 25.1 Å². The molecule has 1 amide bonds.